The molecule has 1 rings (SSSR count). The zero-order valence-electron chi connectivity index (χ0n) is 11.0. The van der Waals surface area contributed by atoms with E-state index in [9.17, 15) is 19.7 Å². The van der Waals surface area contributed by atoms with Crippen molar-refractivity contribution in [1.29, 1.82) is 0 Å². The molecule has 108 valence electrons. The lowest BCUT2D eigenvalue weighted by Gasteiger charge is -2.08. The predicted octanol–water partition coefficient (Wildman–Crippen LogP) is 0.632. The monoisotopic (exact) mass is 280 g/mol. The van der Waals surface area contributed by atoms with Gasteiger partial charge in [-0.2, -0.15) is 0 Å². The molecule has 2 amide bonds. The zero-order chi connectivity index (χ0) is 15.1. The average Bonchev–Trinajstić information content (AvgIpc) is 2.42. The van der Waals surface area contributed by atoms with Crippen LogP contribution in [-0.2, 0) is 4.79 Å². The molecule has 0 aliphatic rings. The van der Waals surface area contributed by atoms with Crippen LogP contribution in [0.4, 0.5) is 11.4 Å². The van der Waals surface area contributed by atoms with Crippen LogP contribution in [0.3, 0.4) is 0 Å². The molecule has 0 fully saturated rings. The molecule has 1 aromatic rings. The highest BCUT2D eigenvalue weighted by molar-refractivity contribution is 5.95. The van der Waals surface area contributed by atoms with Gasteiger partial charge in [0.1, 0.15) is 5.69 Å². The van der Waals surface area contributed by atoms with E-state index < -0.39 is 16.7 Å². The van der Waals surface area contributed by atoms with Gasteiger partial charge in [-0.1, -0.05) is 0 Å². The Morgan fingerprint density at radius 2 is 2.10 bits per heavy atom. The van der Waals surface area contributed by atoms with Crippen molar-refractivity contribution in [3.8, 4) is 0 Å². The Balaban J connectivity index is 2.82. The molecule has 0 saturated heterocycles. The molecule has 0 saturated carbocycles. The molecule has 0 bridgehead atoms. The number of primary amides is 1. The number of amides is 2. The lowest BCUT2D eigenvalue weighted by molar-refractivity contribution is -0.384. The molecule has 0 heterocycles. The minimum absolute atomic E-state index is 0.190. The number of nitro benzene ring substituents is 1. The van der Waals surface area contributed by atoms with Gasteiger partial charge >= 0.3 is 0 Å². The van der Waals surface area contributed by atoms with Crippen LogP contribution >= 0.6 is 0 Å². The van der Waals surface area contributed by atoms with Crippen LogP contribution in [0.1, 0.15) is 23.2 Å². The Kier molecular flexibility index (Phi) is 5.45. The van der Waals surface area contributed by atoms with Gasteiger partial charge in [-0.3, -0.25) is 19.7 Å². The van der Waals surface area contributed by atoms with E-state index in [-0.39, 0.29) is 17.7 Å². The van der Waals surface area contributed by atoms with Crippen molar-refractivity contribution in [2.24, 2.45) is 5.73 Å². The first kappa shape index (κ1) is 15.4. The van der Waals surface area contributed by atoms with Crippen molar-refractivity contribution in [1.82, 2.24) is 5.32 Å². The second-order valence-electron chi connectivity index (χ2n) is 4.06. The lowest BCUT2D eigenvalue weighted by Crippen LogP contribution is -2.18. The summed E-state index contributed by atoms with van der Waals surface area (Å²) in [6, 6.07) is 4.16. The molecule has 0 aromatic heterocycles. The maximum atomic E-state index is 11.4. The van der Waals surface area contributed by atoms with Crippen LogP contribution in [0.5, 0.6) is 0 Å². The van der Waals surface area contributed by atoms with Gasteiger partial charge in [0.2, 0.25) is 5.91 Å². The Labute approximate surface area is 115 Å². The maximum absolute atomic E-state index is 11.4. The largest absolute Gasteiger partial charge is 0.379 e. The Morgan fingerprint density at radius 1 is 1.40 bits per heavy atom. The molecule has 1 aromatic carbocycles. The number of hydrogen-bond acceptors (Lipinski definition) is 5. The average molecular weight is 280 g/mol. The summed E-state index contributed by atoms with van der Waals surface area (Å²) < 4.78 is 0. The summed E-state index contributed by atoms with van der Waals surface area (Å²) in [5.41, 5.74) is 5.32. The highest BCUT2D eigenvalue weighted by Crippen LogP contribution is 2.25. The van der Waals surface area contributed by atoms with Gasteiger partial charge in [-0.25, -0.2) is 0 Å². The van der Waals surface area contributed by atoms with E-state index in [2.05, 4.69) is 10.6 Å². The van der Waals surface area contributed by atoms with Crippen molar-refractivity contribution >= 4 is 23.2 Å². The maximum Gasteiger partial charge on any atom is 0.293 e. The number of rotatable bonds is 7. The fraction of sp³-hybridized carbons (Fsp3) is 0.333. The first-order valence-electron chi connectivity index (χ1n) is 5.98. The Hall–Kier alpha value is -2.64. The number of benzene rings is 1. The summed E-state index contributed by atoms with van der Waals surface area (Å²) in [6.45, 7) is 0.378. The van der Waals surface area contributed by atoms with E-state index in [1.807, 2.05) is 0 Å². The van der Waals surface area contributed by atoms with E-state index in [1.54, 1.807) is 0 Å². The fourth-order valence-corrected chi connectivity index (χ4v) is 1.60. The smallest absolute Gasteiger partial charge is 0.293 e. The third-order valence-electron chi connectivity index (χ3n) is 2.60. The van der Waals surface area contributed by atoms with Crippen molar-refractivity contribution in [3.63, 3.8) is 0 Å². The third kappa shape index (κ3) is 4.23. The summed E-state index contributed by atoms with van der Waals surface area (Å²) >= 11 is 0. The number of nitro groups is 1. The Bertz CT molecular complexity index is 530. The van der Waals surface area contributed by atoms with Gasteiger partial charge in [0, 0.05) is 31.6 Å². The van der Waals surface area contributed by atoms with Gasteiger partial charge in [0.05, 0.1) is 4.92 Å². The molecule has 0 aliphatic heterocycles. The summed E-state index contributed by atoms with van der Waals surface area (Å²) in [6.07, 6.45) is 0.681. The number of nitrogens with two attached hydrogens (primary N) is 1. The van der Waals surface area contributed by atoms with Crippen molar-refractivity contribution in [3.05, 3.63) is 33.9 Å². The molecule has 0 spiro atoms. The predicted molar refractivity (Wildman–Crippen MR) is 73.4 cm³/mol. The highest BCUT2D eigenvalue weighted by Gasteiger charge is 2.16. The molecule has 4 N–H and O–H groups in total. The third-order valence-corrected chi connectivity index (χ3v) is 2.60. The number of carbonyl (C=O) groups excluding carboxylic acids is 2. The van der Waals surface area contributed by atoms with Gasteiger partial charge < -0.3 is 16.4 Å². The molecular formula is C12H16N4O4. The Morgan fingerprint density at radius 3 is 2.65 bits per heavy atom. The standard InChI is InChI=1S/C12H16N4O4/c1-14-12(18)8-4-5-9(10(7-8)16(19)20)15-6-2-3-11(13)17/h4-5,7,15H,2-3,6H2,1H3,(H2,13,17)(H,14,18). The van der Waals surface area contributed by atoms with Crippen LogP contribution in [0, 0.1) is 10.1 Å². The molecule has 8 nitrogen and oxygen atoms in total. The van der Waals surface area contributed by atoms with E-state index in [4.69, 9.17) is 5.73 Å². The SMILES string of the molecule is CNC(=O)c1ccc(NCCCC(N)=O)c([N+](=O)[O-])c1. The molecule has 0 atom stereocenters. The topological polar surface area (TPSA) is 127 Å². The van der Waals surface area contributed by atoms with Gasteiger partial charge in [-0.05, 0) is 18.6 Å². The van der Waals surface area contributed by atoms with Crippen LogP contribution < -0.4 is 16.4 Å². The molecular weight excluding hydrogens is 264 g/mol. The van der Waals surface area contributed by atoms with E-state index in [1.165, 1.54) is 25.2 Å². The lowest BCUT2D eigenvalue weighted by atomic mass is 10.1. The molecule has 0 aliphatic carbocycles. The second kappa shape index (κ2) is 7.07. The minimum Gasteiger partial charge on any atom is -0.379 e. The van der Waals surface area contributed by atoms with Crippen LogP contribution in [-0.4, -0.2) is 30.3 Å². The van der Waals surface area contributed by atoms with Gasteiger partial charge in [-0.15, -0.1) is 0 Å². The summed E-state index contributed by atoms with van der Waals surface area (Å²) in [5.74, 6) is -0.815. The second-order valence-corrected chi connectivity index (χ2v) is 4.06. The van der Waals surface area contributed by atoms with Crippen LogP contribution in [0.2, 0.25) is 0 Å². The van der Waals surface area contributed by atoms with Crippen molar-refractivity contribution < 1.29 is 14.5 Å². The fourth-order valence-electron chi connectivity index (χ4n) is 1.60. The number of nitrogens with one attached hydrogen (secondary N) is 2. The van der Waals surface area contributed by atoms with Gasteiger partial charge in [0.25, 0.3) is 11.6 Å². The van der Waals surface area contributed by atoms with Gasteiger partial charge in [0.15, 0.2) is 0 Å². The quantitative estimate of drug-likeness (QED) is 0.383. The summed E-state index contributed by atoms with van der Waals surface area (Å²) in [5, 5.41) is 16.2. The van der Waals surface area contributed by atoms with E-state index in [0.717, 1.165) is 0 Å². The van der Waals surface area contributed by atoms with Crippen LogP contribution in [0.25, 0.3) is 0 Å². The first-order chi connectivity index (χ1) is 9.45. The molecule has 0 radical (unpaired) electrons. The van der Waals surface area contributed by atoms with Crippen molar-refractivity contribution in [2.45, 2.75) is 12.8 Å². The molecule has 0 unspecified atom stereocenters. The molecule has 20 heavy (non-hydrogen) atoms. The number of anilines is 1. The number of nitrogens with zero attached hydrogens (tertiary/aromatic N) is 1. The summed E-state index contributed by atoms with van der Waals surface area (Å²) in [4.78, 5) is 32.4. The first-order valence-corrected chi connectivity index (χ1v) is 5.98. The van der Waals surface area contributed by atoms with Crippen LogP contribution in [0.15, 0.2) is 18.2 Å². The number of hydrogen-bond donors (Lipinski definition) is 3. The van der Waals surface area contributed by atoms with E-state index >= 15 is 0 Å². The number of carbonyl (C=O) groups is 2. The minimum atomic E-state index is -0.567. The van der Waals surface area contributed by atoms with Crippen molar-refractivity contribution in [2.75, 3.05) is 18.9 Å². The zero-order valence-corrected chi connectivity index (χ0v) is 11.0. The molecule has 8 heteroatoms. The highest BCUT2D eigenvalue weighted by atomic mass is 16.6. The normalized spacial score (nSPS) is 9.85. The summed E-state index contributed by atoms with van der Waals surface area (Å²) in [7, 11) is 1.45. The van der Waals surface area contributed by atoms with E-state index in [0.29, 0.717) is 18.7 Å².